The summed E-state index contributed by atoms with van der Waals surface area (Å²) < 4.78 is 5.34. The zero-order valence-electron chi connectivity index (χ0n) is 9.01. The van der Waals surface area contributed by atoms with E-state index in [4.69, 9.17) is 4.74 Å². The Morgan fingerprint density at radius 1 is 1.50 bits per heavy atom. The highest BCUT2D eigenvalue weighted by molar-refractivity contribution is 5.79. The lowest BCUT2D eigenvalue weighted by atomic mass is 10.0. The zero-order chi connectivity index (χ0) is 10.4. The summed E-state index contributed by atoms with van der Waals surface area (Å²) in [5.74, 6) is 0.204. The third-order valence-corrected chi connectivity index (χ3v) is 2.62. The minimum absolute atomic E-state index is 0.0598. The molecule has 2 N–H and O–H groups in total. The van der Waals surface area contributed by atoms with Crippen LogP contribution in [0.15, 0.2) is 0 Å². The van der Waals surface area contributed by atoms with E-state index in [1.807, 2.05) is 14.0 Å². The second-order valence-corrected chi connectivity index (χ2v) is 3.72. The fourth-order valence-corrected chi connectivity index (χ4v) is 1.68. The Morgan fingerprint density at radius 2 is 2.29 bits per heavy atom. The SMILES string of the molecule is CNCCCNC(=O)C1CCOC1C. The molecule has 1 fully saturated rings. The Morgan fingerprint density at radius 3 is 2.86 bits per heavy atom. The lowest BCUT2D eigenvalue weighted by molar-refractivity contribution is -0.126. The van der Waals surface area contributed by atoms with Crippen LogP contribution in [-0.4, -0.2) is 38.8 Å². The van der Waals surface area contributed by atoms with Crippen molar-refractivity contribution >= 4 is 5.91 Å². The average Bonchev–Trinajstić information content (AvgIpc) is 2.59. The van der Waals surface area contributed by atoms with Crippen molar-refractivity contribution in [1.29, 1.82) is 0 Å². The number of rotatable bonds is 5. The van der Waals surface area contributed by atoms with E-state index in [9.17, 15) is 4.79 Å². The van der Waals surface area contributed by atoms with Crippen molar-refractivity contribution in [2.45, 2.75) is 25.9 Å². The van der Waals surface area contributed by atoms with Gasteiger partial charge in [-0.05, 0) is 33.4 Å². The maximum atomic E-state index is 11.6. The van der Waals surface area contributed by atoms with E-state index < -0.39 is 0 Å². The molecule has 2 atom stereocenters. The van der Waals surface area contributed by atoms with Gasteiger partial charge in [0.15, 0.2) is 0 Å². The third-order valence-electron chi connectivity index (χ3n) is 2.62. The first kappa shape index (κ1) is 11.5. The van der Waals surface area contributed by atoms with Crippen molar-refractivity contribution in [3.63, 3.8) is 0 Å². The van der Waals surface area contributed by atoms with Crippen molar-refractivity contribution in [3.05, 3.63) is 0 Å². The smallest absolute Gasteiger partial charge is 0.225 e. The molecule has 2 unspecified atom stereocenters. The van der Waals surface area contributed by atoms with Crippen LogP contribution >= 0.6 is 0 Å². The molecule has 0 aliphatic carbocycles. The summed E-state index contributed by atoms with van der Waals surface area (Å²) in [6.45, 7) is 4.38. The minimum Gasteiger partial charge on any atom is -0.378 e. The van der Waals surface area contributed by atoms with Gasteiger partial charge in [-0.1, -0.05) is 0 Å². The van der Waals surface area contributed by atoms with E-state index >= 15 is 0 Å². The number of carbonyl (C=O) groups is 1. The predicted octanol–water partition coefficient (Wildman–Crippen LogP) is 0.137. The van der Waals surface area contributed by atoms with Crippen LogP contribution in [-0.2, 0) is 9.53 Å². The molecule has 4 nitrogen and oxygen atoms in total. The zero-order valence-corrected chi connectivity index (χ0v) is 9.01. The standard InChI is InChI=1S/C10H20N2O2/c1-8-9(4-7-14-8)10(13)12-6-3-5-11-2/h8-9,11H,3-7H2,1-2H3,(H,12,13). The molecule has 0 aromatic rings. The number of hydrogen-bond donors (Lipinski definition) is 2. The lowest BCUT2D eigenvalue weighted by Gasteiger charge is -2.13. The number of hydrogen-bond acceptors (Lipinski definition) is 3. The first-order chi connectivity index (χ1) is 6.75. The number of carbonyl (C=O) groups excluding carboxylic acids is 1. The maximum Gasteiger partial charge on any atom is 0.225 e. The molecule has 0 aromatic carbocycles. The van der Waals surface area contributed by atoms with Crippen molar-refractivity contribution < 1.29 is 9.53 Å². The van der Waals surface area contributed by atoms with Gasteiger partial charge in [0.05, 0.1) is 12.0 Å². The van der Waals surface area contributed by atoms with E-state index in [0.29, 0.717) is 0 Å². The molecule has 82 valence electrons. The first-order valence-corrected chi connectivity index (χ1v) is 5.29. The quantitative estimate of drug-likeness (QED) is 0.621. The van der Waals surface area contributed by atoms with E-state index in [2.05, 4.69) is 10.6 Å². The molecule has 1 saturated heterocycles. The Kier molecular flexibility index (Phi) is 4.90. The molecule has 14 heavy (non-hydrogen) atoms. The van der Waals surface area contributed by atoms with Gasteiger partial charge in [-0.15, -0.1) is 0 Å². The fraction of sp³-hybridized carbons (Fsp3) is 0.900. The summed E-state index contributed by atoms with van der Waals surface area (Å²) in [5, 5.41) is 5.97. The average molecular weight is 200 g/mol. The van der Waals surface area contributed by atoms with Gasteiger partial charge in [-0.3, -0.25) is 4.79 Å². The molecule has 0 radical (unpaired) electrons. The van der Waals surface area contributed by atoms with Gasteiger partial charge in [0.1, 0.15) is 0 Å². The molecular formula is C10H20N2O2. The molecule has 1 rings (SSSR count). The third kappa shape index (κ3) is 3.27. The van der Waals surface area contributed by atoms with Crippen LogP contribution in [0, 0.1) is 5.92 Å². The van der Waals surface area contributed by atoms with E-state index in [1.165, 1.54) is 0 Å². The number of ether oxygens (including phenoxy) is 1. The normalized spacial score (nSPS) is 26.4. The lowest BCUT2D eigenvalue weighted by Crippen LogP contribution is -2.35. The van der Waals surface area contributed by atoms with Crippen LogP contribution in [0.3, 0.4) is 0 Å². The Hall–Kier alpha value is -0.610. The fourth-order valence-electron chi connectivity index (χ4n) is 1.68. The van der Waals surface area contributed by atoms with Crippen LogP contribution in [0.4, 0.5) is 0 Å². The number of nitrogens with one attached hydrogen (secondary N) is 2. The summed E-state index contributed by atoms with van der Waals surface area (Å²) in [6.07, 6.45) is 1.92. The largest absolute Gasteiger partial charge is 0.378 e. The molecule has 0 spiro atoms. The topological polar surface area (TPSA) is 50.4 Å². The summed E-state index contributed by atoms with van der Waals surface area (Å²) in [7, 11) is 1.91. The molecule has 0 aromatic heterocycles. The highest BCUT2D eigenvalue weighted by Gasteiger charge is 2.30. The molecular weight excluding hydrogens is 180 g/mol. The summed E-state index contributed by atoms with van der Waals surface area (Å²) in [5.41, 5.74) is 0. The second-order valence-electron chi connectivity index (χ2n) is 3.72. The van der Waals surface area contributed by atoms with E-state index in [-0.39, 0.29) is 17.9 Å². The highest BCUT2D eigenvalue weighted by Crippen LogP contribution is 2.20. The van der Waals surface area contributed by atoms with Crippen molar-refractivity contribution in [3.8, 4) is 0 Å². The molecule has 1 heterocycles. The van der Waals surface area contributed by atoms with E-state index in [0.717, 1.165) is 32.5 Å². The Balaban J connectivity index is 2.14. The second kappa shape index (κ2) is 5.98. The Labute approximate surface area is 85.4 Å². The van der Waals surface area contributed by atoms with Crippen molar-refractivity contribution in [2.75, 3.05) is 26.7 Å². The van der Waals surface area contributed by atoms with Gasteiger partial charge in [-0.2, -0.15) is 0 Å². The van der Waals surface area contributed by atoms with Crippen LogP contribution < -0.4 is 10.6 Å². The van der Waals surface area contributed by atoms with Gasteiger partial charge in [-0.25, -0.2) is 0 Å². The van der Waals surface area contributed by atoms with Gasteiger partial charge in [0.2, 0.25) is 5.91 Å². The molecule has 1 aliphatic rings. The van der Waals surface area contributed by atoms with Gasteiger partial charge in [0, 0.05) is 13.2 Å². The van der Waals surface area contributed by atoms with Gasteiger partial charge in [0.25, 0.3) is 0 Å². The summed E-state index contributed by atoms with van der Waals surface area (Å²) in [6, 6.07) is 0. The van der Waals surface area contributed by atoms with Gasteiger partial charge < -0.3 is 15.4 Å². The van der Waals surface area contributed by atoms with Crippen LogP contribution in [0.5, 0.6) is 0 Å². The Bertz CT molecular complexity index is 185. The predicted molar refractivity (Wildman–Crippen MR) is 55.1 cm³/mol. The monoisotopic (exact) mass is 200 g/mol. The van der Waals surface area contributed by atoms with Crippen molar-refractivity contribution in [1.82, 2.24) is 10.6 Å². The van der Waals surface area contributed by atoms with Crippen LogP contribution in [0.1, 0.15) is 19.8 Å². The first-order valence-electron chi connectivity index (χ1n) is 5.29. The van der Waals surface area contributed by atoms with Crippen LogP contribution in [0.25, 0.3) is 0 Å². The van der Waals surface area contributed by atoms with Gasteiger partial charge >= 0.3 is 0 Å². The van der Waals surface area contributed by atoms with E-state index in [1.54, 1.807) is 0 Å². The molecule has 1 amide bonds. The maximum absolute atomic E-state index is 11.6. The molecule has 1 aliphatic heterocycles. The summed E-state index contributed by atoms with van der Waals surface area (Å²) >= 11 is 0. The highest BCUT2D eigenvalue weighted by atomic mass is 16.5. The molecule has 4 heteroatoms. The molecule has 0 bridgehead atoms. The van der Waals surface area contributed by atoms with Crippen molar-refractivity contribution in [2.24, 2.45) is 5.92 Å². The number of amides is 1. The minimum atomic E-state index is 0.0598. The molecule has 0 saturated carbocycles. The summed E-state index contributed by atoms with van der Waals surface area (Å²) in [4.78, 5) is 11.6. The van der Waals surface area contributed by atoms with Crippen LogP contribution in [0.2, 0.25) is 0 Å².